The van der Waals surface area contributed by atoms with Crippen molar-refractivity contribution in [3.8, 4) is 0 Å². The lowest BCUT2D eigenvalue weighted by Gasteiger charge is -2.41. The number of aliphatic hydroxyl groups excluding tert-OH is 1. The van der Waals surface area contributed by atoms with E-state index in [1.54, 1.807) is 0 Å². The molecule has 0 radical (unpaired) electrons. The zero-order valence-electron chi connectivity index (χ0n) is 9.84. The number of aliphatic hydroxyl groups is 1. The van der Waals surface area contributed by atoms with Gasteiger partial charge in [0.05, 0.1) is 0 Å². The van der Waals surface area contributed by atoms with Gasteiger partial charge in [0.15, 0.2) is 0 Å². The van der Waals surface area contributed by atoms with Crippen LogP contribution in [0.5, 0.6) is 0 Å². The highest BCUT2D eigenvalue weighted by molar-refractivity contribution is 4.97. The molecule has 0 aliphatic carbocycles. The first kappa shape index (κ1) is 12.7. The lowest BCUT2D eigenvalue weighted by atomic mass is 9.84. The van der Waals surface area contributed by atoms with E-state index in [4.69, 9.17) is 5.11 Å². The Morgan fingerprint density at radius 2 is 2.13 bits per heavy atom. The van der Waals surface area contributed by atoms with Gasteiger partial charge in [0, 0.05) is 12.1 Å². The molecule has 1 fully saturated rings. The van der Waals surface area contributed by atoms with E-state index in [2.05, 4.69) is 23.8 Å². The molecule has 0 aromatic heterocycles. The molecule has 1 aliphatic heterocycles. The molecule has 0 amide bonds. The molecular weight excluding hydrogens is 188 g/mol. The number of likely N-dealkylation sites (tertiary alicyclic amines) is 1. The number of hydrogen-bond acceptors (Lipinski definition) is 3. The molecule has 3 nitrogen and oxygen atoms in total. The molecule has 0 spiro atoms. The second-order valence-electron chi connectivity index (χ2n) is 4.58. The van der Waals surface area contributed by atoms with E-state index in [-0.39, 0.29) is 12.1 Å². The van der Waals surface area contributed by atoms with E-state index in [1.165, 1.54) is 12.8 Å². The van der Waals surface area contributed by atoms with Gasteiger partial charge in [-0.3, -0.25) is 0 Å². The molecule has 0 unspecified atom stereocenters. The lowest BCUT2D eigenvalue weighted by molar-refractivity contribution is 0.154. The summed E-state index contributed by atoms with van der Waals surface area (Å²) in [6.07, 6.45) is 6.25. The molecule has 0 atom stereocenters. The Balaban J connectivity index is 2.42. The average Bonchev–Trinajstić information content (AvgIpc) is 2.23. The summed E-state index contributed by atoms with van der Waals surface area (Å²) in [4.78, 5) is 2.37. The zero-order valence-corrected chi connectivity index (χ0v) is 9.84. The minimum absolute atomic E-state index is 0.240. The number of piperidine rings is 1. The fourth-order valence-electron chi connectivity index (χ4n) is 2.21. The van der Waals surface area contributed by atoms with Gasteiger partial charge in [-0.2, -0.15) is 0 Å². The highest BCUT2D eigenvalue weighted by Crippen LogP contribution is 2.25. The van der Waals surface area contributed by atoms with E-state index in [1.807, 2.05) is 6.08 Å². The van der Waals surface area contributed by atoms with E-state index >= 15 is 0 Å². The maximum absolute atomic E-state index is 8.78. The summed E-state index contributed by atoms with van der Waals surface area (Å²) in [5.41, 5.74) is 0.240. The van der Waals surface area contributed by atoms with Crippen LogP contribution in [0.4, 0.5) is 0 Å². The molecule has 1 heterocycles. The second kappa shape index (κ2) is 6.26. The smallest absolute Gasteiger partial charge is 0.0443 e. The fraction of sp³-hybridized carbons (Fsp3) is 0.833. The molecule has 0 aromatic carbocycles. The largest absolute Gasteiger partial charge is 0.396 e. The van der Waals surface area contributed by atoms with Crippen molar-refractivity contribution < 1.29 is 5.11 Å². The van der Waals surface area contributed by atoms with Gasteiger partial charge in [0.2, 0.25) is 0 Å². The summed E-state index contributed by atoms with van der Waals surface area (Å²) in [5, 5.41) is 12.4. The van der Waals surface area contributed by atoms with Crippen LogP contribution in [0.1, 0.15) is 25.7 Å². The zero-order chi connectivity index (χ0) is 11.1. The number of nitrogens with one attached hydrogen (secondary N) is 1. The average molecular weight is 212 g/mol. The molecule has 88 valence electrons. The third kappa shape index (κ3) is 3.93. The van der Waals surface area contributed by atoms with Gasteiger partial charge < -0.3 is 15.3 Å². The van der Waals surface area contributed by atoms with Crippen LogP contribution >= 0.6 is 0 Å². The topological polar surface area (TPSA) is 35.5 Å². The first-order valence-electron chi connectivity index (χ1n) is 5.88. The van der Waals surface area contributed by atoms with Crippen molar-refractivity contribution in [2.75, 3.05) is 33.3 Å². The Kier molecular flexibility index (Phi) is 5.29. The molecule has 1 saturated heterocycles. The van der Waals surface area contributed by atoms with Crippen molar-refractivity contribution in [3.63, 3.8) is 0 Å². The van der Waals surface area contributed by atoms with Crippen LogP contribution < -0.4 is 5.32 Å². The Bertz CT molecular complexity index is 186. The summed E-state index contributed by atoms with van der Waals surface area (Å²) in [6, 6.07) is 0. The number of nitrogens with zero attached hydrogens (tertiary/aromatic N) is 1. The van der Waals surface area contributed by atoms with Crippen molar-refractivity contribution >= 4 is 0 Å². The maximum atomic E-state index is 8.78. The van der Waals surface area contributed by atoms with E-state index in [9.17, 15) is 0 Å². The van der Waals surface area contributed by atoms with Gasteiger partial charge >= 0.3 is 0 Å². The van der Waals surface area contributed by atoms with Crippen LogP contribution in [0.2, 0.25) is 0 Å². The molecule has 1 aliphatic rings. The van der Waals surface area contributed by atoms with Crippen LogP contribution in [0.25, 0.3) is 0 Å². The van der Waals surface area contributed by atoms with Crippen molar-refractivity contribution in [2.45, 2.75) is 31.2 Å². The van der Waals surface area contributed by atoms with Gasteiger partial charge in [0.1, 0.15) is 0 Å². The van der Waals surface area contributed by atoms with Gasteiger partial charge in [0.25, 0.3) is 0 Å². The van der Waals surface area contributed by atoms with E-state index in [0.717, 1.165) is 32.5 Å². The molecule has 0 aromatic rings. The predicted molar refractivity (Wildman–Crippen MR) is 64.0 cm³/mol. The Morgan fingerprint density at radius 3 is 2.67 bits per heavy atom. The third-order valence-electron chi connectivity index (χ3n) is 3.31. The van der Waals surface area contributed by atoms with Crippen LogP contribution in [-0.2, 0) is 0 Å². The first-order valence-corrected chi connectivity index (χ1v) is 5.88. The van der Waals surface area contributed by atoms with Crippen LogP contribution in [0.3, 0.4) is 0 Å². The predicted octanol–water partition coefficient (Wildman–Crippen LogP) is 0.999. The van der Waals surface area contributed by atoms with Crippen LogP contribution in [0, 0.1) is 0 Å². The summed E-state index contributed by atoms with van der Waals surface area (Å²) in [7, 11) is 2.17. The summed E-state index contributed by atoms with van der Waals surface area (Å²) < 4.78 is 0. The number of rotatable bonds is 6. The lowest BCUT2D eigenvalue weighted by Crippen LogP contribution is -2.52. The standard InChI is InChI=1S/C12H24N2O/c1-3-5-12(13-8-4-11-15)6-9-14(2)10-7-12/h3,13,15H,1,4-11H2,2H3. The van der Waals surface area contributed by atoms with Gasteiger partial charge in [-0.25, -0.2) is 0 Å². The molecular formula is C12H24N2O. The van der Waals surface area contributed by atoms with Crippen LogP contribution in [-0.4, -0.2) is 48.8 Å². The quantitative estimate of drug-likeness (QED) is 0.509. The van der Waals surface area contributed by atoms with Gasteiger partial charge in [-0.15, -0.1) is 6.58 Å². The van der Waals surface area contributed by atoms with Crippen molar-refractivity contribution in [1.82, 2.24) is 10.2 Å². The fourth-order valence-corrected chi connectivity index (χ4v) is 2.21. The molecule has 2 N–H and O–H groups in total. The molecule has 0 saturated carbocycles. The first-order chi connectivity index (χ1) is 7.22. The van der Waals surface area contributed by atoms with Crippen LogP contribution in [0.15, 0.2) is 12.7 Å². The van der Waals surface area contributed by atoms with Gasteiger partial charge in [-0.05, 0) is 52.4 Å². The monoisotopic (exact) mass is 212 g/mol. The molecule has 1 rings (SSSR count). The summed E-state index contributed by atoms with van der Waals surface area (Å²) in [5.74, 6) is 0. The minimum Gasteiger partial charge on any atom is -0.396 e. The van der Waals surface area contributed by atoms with Gasteiger partial charge in [-0.1, -0.05) is 6.08 Å². The summed E-state index contributed by atoms with van der Waals surface area (Å²) in [6.45, 7) is 7.34. The molecule has 0 bridgehead atoms. The number of hydrogen-bond donors (Lipinski definition) is 2. The molecule has 3 heteroatoms. The minimum atomic E-state index is 0.240. The van der Waals surface area contributed by atoms with E-state index < -0.39 is 0 Å². The SMILES string of the molecule is C=CCC1(NCCCO)CCN(C)CC1. The Labute approximate surface area is 93.2 Å². The highest BCUT2D eigenvalue weighted by atomic mass is 16.3. The van der Waals surface area contributed by atoms with Crippen molar-refractivity contribution in [1.29, 1.82) is 0 Å². The highest BCUT2D eigenvalue weighted by Gasteiger charge is 2.31. The van der Waals surface area contributed by atoms with Crippen molar-refractivity contribution in [3.05, 3.63) is 12.7 Å². The second-order valence-corrected chi connectivity index (χ2v) is 4.58. The molecule has 15 heavy (non-hydrogen) atoms. The summed E-state index contributed by atoms with van der Waals surface area (Å²) >= 11 is 0. The normalized spacial score (nSPS) is 21.5. The third-order valence-corrected chi connectivity index (χ3v) is 3.31. The Hall–Kier alpha value is -0.380. The van der Waals surface area contributed by atoms with Crippen molar-refractivity contribution in [2.24, 2.45) is 0 Å². The Morgan fingerprint density at radius 1 is 1.47 bits per heavy atom. The maximum Gasteiger partial charge on any atom is 0.0443 e. The van der Waals surface area contributed by atoms with E-state index in [0.29, 0.717) is 0 Å².